The third kappa shape index (κ3) is 4.12. The van der Waals surface area contributed by atoms with Gasteiger partial charge >= 0.3 is 6.18 Å². The van der Waals surface area contributed by atoms with Gasteiger partial charge in [-0.3, -0.25) is 4.79 Å². The van der Waals surface area contributed by atoms with Crippen molar-refractivity contribution in [3.8, 4) is 0 Å². The summed E-state index contributed by atoms with van der Waals surface area (Å²) in [5, 5.41) is 17.8. The summed E-state index contributed by atoms with van der Waals surface area (Å²) in [5.74, 6) is 0.148. The van der Waals surface area contributed by atoms with E-state index in [-0.39, 0.29) is 11.6 Å². The lowest BCUT2D eigenvalue weighted by Crippen LogP contribution is -2.46. The van der Waals surface area contributed by atoms with Crippen molar-refractivity contribution in [1.29, 1.82) is 0 Å². The molecule has 2 N–H and O–H groups in total. The predicted octanol–water partition coefficient (Wildman–Crippen LogP) is 2.61. The Labute approximate surface area is 205 Å². The number of carbonyl (C=O) groups excluding carboxylic acids is 1. The van der Waals surface area contributed by atoms with Crippen LogP contribution in [0.4, 0.5) is 24.7 Å². The second kappa shape index (κ2) is 8.91. The molecule has 2 saturated heterocycles. The summed E-state index contributed by atoms with van der Waals surface area (Å²) in [6.07, 6.45) is -2.85. The van der Waals surface area contributed by atoms with Crippen LogP contribution in [0.3, 0.4) is 0 Å². The van der Waals surface area contributed by atoms with Gasteiger partial charge in [0.15, 0.2) is 5.65 Å². The molecule has 1 aromatic carbocycles. The summed E-state index contributed by atoms with van der Waals surface area (Å²) >= 11 is 0. The standard InChI is InChI=1S/C24H27F3N8O/c25-24(26,27)23-31-30-20-3-4-21(32-35(20)23)33-9-5-15(6-10-33)18-14-29-19-2-1-16(13-17(18)19)22(36)34-11-7-28-8-12-34/h1-4,13,15,18,28-29H,5-12,14H2. The van der Waals surface area contributed by atoms with Crippen LogP contribution in [0, 0.1) is 5.92 Å². The lowest BCUT2D eigenvalue weighted by molar-refractivity contribution is -0.146. The number of benzene rings is 1. The quantitative estimate of drug-likeness (QED) is 0.572. The minimum Gasteiger partial charge on any atom is -0.384 e. The highest BCUT2D eigenvalue weighted by Gasteiger charge is 2.38. The topological polar surface area (TPSA) is 90.7 Å². The predicted molar refractivity (Wildman–Crippen MR) is 127 cm³/mol. The number of piperidine rings is 1. The second-order valence-corrected chi connectivity index (χ2v) is 9.64. The molecule has 1 atom stereocenters. The van der Waals surface area contributed by atoms with Crippen LogP contribution in [0.2, 0.25) is 0 Å². The molecule has 1 amide bonds. The molecular formula is C24H27F3N8O. The fourth-order valence-electron chi connectivity index (χ4n) is 5.62. The molecule has 190 valence electrons. The van der Waals surface area contributed by atoms with Crippen LogP contribution in [0.15, 0.2) is 30.3 Å². The first-order chi connectivity index (χ1) is 17.4. The Kier molecular flexibility index (Phi) is 5.70. The number of carbonyl (C=O) groups is 1. The van der Waals surface area contributed by atoms with Gasteiger partial charge in [0, 0.05) is 63.0 Å². The van der Waals surface area contributed by atoms with Crippen molar-refractivity contribution >= 4 is 23.1 Å². The summed E-state index contributed by atoms with van der Waals surface area (Å²) in [4.78, 5) is 16.9. The van der Waals surface area contributed by atoms with Crippen LogP contribution < -0.4 is 15.5 Å². The van der Waals surface area contributed by atoms with Gasteiger partial charge in [-0.2, -0.15) is 17.7 Å². The highest BCUT2D eigenvalue weighted by molar-refractivity contribution is 5.95. The van der Waals surface area contributed by atoms with Crippen molar-refractivity contribution in [2.24, 2.45) is 5.92 Å². The highest BCUT2D eigenvalue weighted by Crippen LogP contribution is 2.41. The Bertz CT molecular complexity index is 1280. The van der Waals surface area contributed by atoms with Gasteiger partial charge in [0.1, 0.15) is 5.82 Å². The molecule has 0 bridgehead atoms. The number of alkyl halides is 3. The van der Waals surface area contributed by atoms with Gasteiger partial charge in [0.05, 0.1) is 0 Å². The smallest absolute Gasteiger partial charge is 0.384 e. The Morgan fingerprint density at radius 3 is 2.53 bits per heavy atom. The van der Waals surface area contributed by atoms with Gasteiger partial charge in [0.2, 0.25) is 0 Å². The van der Waals surface area contributed by atoms with Gasteiger partial charge in [-0.25, -0.2) is 0 Å². The summed E-state index contributed by atoms with van der Waals surface area (Å²) < 4.78 is 40.5. The van der Waals surface area contributed by atoms with E-state index >= 15 is 0 Å². The summed E-state index contributed by atoms with van der Waals surface area (Å²) in [5.41, 5.74) is 3.07. The minimum absolute atomic E-state index is 0.0702. The third-order valence-electron chi connectivity index (χ3n) is 7.55. The zero-order valence-electron chi connectivity index (χ0n) is 19.6. The number of aromatic nitrogens is 4. The van der Waals surface area contributed by atoms with Crippen molar-refractivity contribution in [1.82, 2.24) is 30.0 Å². The van der Waals surface area contributed by atoms with Crippen molar-refractivity contribution in [2.75, 3.05) is 56.0 Å². The maximum absolute atomic E-state index is 13.2. The van der Waals surface area contributed by atoms with Crippen LogP contribution >= 0.6 is 0 Å². The molecule has 5 heterocycles. The van der Waals surface area contributed by atoms with E-state index in [2.05, 4.69) is 32.0 Å². The number of halogens is 3. The van der Waals surface area contributed by atoms with Crippen LogP contribution in [-0.2, 0) is 6.18 Å². The van der Waals surface area contributed by atoms with E-state index in [0.29, 0.717) is 30.7 Å². The van der Waals surface area contributed by atoms with Crippen molar-refractivity contribution in [3.63, 3.8) is 0 Å². The van der Waals surface area contributed by atoms with E-state index in [0.717, 1.165) is 61.3 Å². The van der Waals surface area contributed by atoms with Gasteiger partial charge in [0.25, 0.3) is 11.7 Å². The van der Waals surface area contributed by atoms with Crippen LogP contribution in [0.5, 0.6) is 0 Å². The Balaban J connectivity index is 1.16. The van der Waals surface area contributed by atoms with E-state index in [1.165, 1.54) is 11.6 Å². The molecule has 9 nitrogen and oxygen atoms in total. The first-order valence-electron chi connectivity index (χ1n) is 12.3. The van der Waals surface area contributed by atoms with Crippen LogP contribution in [0.1, 0.15) is 40.5 Å². The molecular weight excluding hydrogens is 473 g/mol. The van der Waals surface area contributed by atoms with E-state index < -0.39 is 12.0 Å². The lowest BCUT2D eigenvalue weighted by Gasteiger charge is -2.35. The Hall–Kier alpha value is -3.41. The maximum Gasteiger partial charge on any atom is 0.453 e. The summed E-state index contributed by atoms with van der Waals surface area (Å²) in [6, 6.07) is 9.19. The first kappa shape index (κ1) is 23.0. The van der Waals surface area contributed by atoms with Crippen molar-refractivity contribution in [3.05, 3.63) is 47.3 Å². The molecule has 0 saturated carbocycles. The van der Waals surface area contributed by atoms with Crippen LogP contribution in [0.25, 0.3) is 5.65 Å². The normalized spacial score (nSPS) is 21.0. The zero-order chi connectivity index (χ0) is 24.9. The zero-order valence-corrected chi connectivity index (χ0v) is 19.6. The number of rotatable bonds is 3. The monoisotopic (exact) mass is 500 g/mol. The third-order valence-corrected chi connectivity index (χ3v) is 7.55. The maximum atomic E-state index is 13.2. The SMILES string of the molecule is O=C(c1ccc2c(c1)C(C1CCN(c3ccc4nnc(C(F)(F)F)n4n3)CC1)CN2)N1CCNCC1. The minimum atomic E-state index is -4.62. The number of hydrogen-bond donors (Lipinski definition) is 2. The molecule has 12 heteroatoms. The molecule has 36 heavy (non-hydrogen) atoms. The molecule has 2 fully saturated rings. The molecule has 2 aromatic heterocycles. The fraction of sp³-hybridized carbons (Fsp3) is 0.500. The molecule has 6 rings (SSSR count). The number of hydrogen-bond acceptors (Lipinski definition) is 7. The van der Waals surface area contributed by atoms with Gasteiger partial charge in [-0.1, -0.05) is 0 Å². The van der Waals surface area contributed by atoms with E-state index in [4.69, 9.17) is 0 Å². The number of piperazine rings is 1. The molecule has 3 aliphatic heterocycles. The van der Waals surface area contributed by atoms with Gasteiger partial charge in [-0.05, 0) is 54.7 Å². The lowest BCUT2D eigenvalue weighted by atomic mass is 9.81. The number of nitrogens with zero attached hydrogens (tertiary/aromatic N) is 6. The average Bonchev–Trinajstić information content (AvgIpc) is 3.52. The fourth-order valence-corrected chi connectivity index (χ4v) is 5.62. The van der Waals surface area contributed by atoms with Crippen molar-refractivity contribution < 1.29 is 18.0 Å². The molecule has 3 aromatic rings. The Morgan fingerprint density at radius 1 is 1.00 bits per heavy atom. The molecule has 3 aliphatic rings. The highest BCUT2D eigenvalue weighted by atomic mass is 19.4. The molecule has 0 spiro atoms. The van der Waals surface area contributed by atoms with E-state index in [1.54, 1.807) is 6.07 Å². The largest absolute Gasteiger partial charge is 0.453 e. The van der Waals surface area contributed by atoms with Gasteiger partial charge < -0.3 is 20.4 Å². The van der Waals surface area contributed by atoms with Gasteiger partial charge in [-0.15, -0.1) is 15.3 Å². The molecule has 0 radical (unpaired) electrons. The number of anilines is 2. The van der Waals surface area contributed by atoms with Crippen molar-refractivity contribution in [2.45, 2.75) is 24.9 Å². The Morgan fingerprint density at radius 2 is 1.78 bits per heavy atom. The van der Waals surface area contributed by atoms with E-state index in [1.807, 2.05) is 21.9 Å². The summed E-state index contributed by atoms with van der Waals surface area (Å²) in [7, 11) is 0. The average molecular weight is 501 g/mol. The molecule has 0 aliphatic carbocycles. The number of fused-ring (bicyclic) bond motifs is 2. The first-order valence-corrected chi connectivity index (χ1v) is 12.3. The molecule has 1 unspecified atom stereocenters. The summed E-state index contributed by atoms with van der Waals surface area (Å²) in [6.45, 7) is 5.28. The second-order valence-electron chi connectivity index (χ2n) is 9.64. The number of nitrogens with one attached hydrogen (secondary N) is 2. The van der Waals surface area contributed by atoms with E-state index in [9.17, 15) is 18.0 Å². The number of amides is 1. The van der Waals surface area contributed by atoms with Crippen LogP contribution in [-0.4, -0.2) is 76.4 Å².